The number of nitrogens with zero attached hydrogens (tertiary/aromatic N) is 2. The number of fused-ring (bicyclic) bond motifs is 6. The molecular weight excluding hydrogens is 477 g/mol. The smallest absolute Gasteiger partial charge is 0.195 e. The zero-order chi connectivity index (χ0) is 24.2. The first-order valence-electron chi connectivity index (χ1n) is 11.5. The lowest BCUT2D eigenvalue weighted by Crippen LogP contribution is -1.88. The minimum Gasteiger partial charge on any atom is -0.237 e. The second-order valence-electron chi connectivity index (χ2n) is 8.70. The Balaban J connectivity index is 1.51. The molecule has 0 bridgehead atoms. The fraction of sp³-hybridized carbons (Fsp3) is 0. The largest absolute Gasteiger partial charge is 0.237 e. The van der Waals surface area contributed by atoms with Crippen LogP contribution in [0.15, 0.2) is 97.1 Å². The molecule has 0 aliphatic heterocycles. The molecule has 0 N–H and O–H groups in total. The van der Waals surface area contributed by atoms with Crippen molar-refractivity contribution in [3.8, 4) is 28.3 Å². The summed E-state index contributed by atoms with van der Waals surface area (Å²) >= 11 is 3.47. The number of thiophene rings is 2. The van der Waals surface area contributed by atoms with E-state index in [-0.39, 0.29) is 0 Å². The van der Waals surface area contributed by atoms with E-state index < -0.39 is 0 Å². The summed E-state index contributed by atoms with van der Waals surface area (Å²) in [6.45, 7) is 8.03. The van der Waals surface area contributed by atoms with E-state index in [4.69, 9.17) is 6.57 Å². The van der Waals surface area contributed by atoms with Gasteiger partial charge in [-0.25, -0.2) is 4.85 Å². The molecule has 0 aliphatic carbocycles. The summed E-state index contributed by atoms with van der Waals surface area (Å²) in [5.41, 5.74) is 4.77. The summed E-state index contributed by atoms with van der Waals surface area (Å²) in [5, 5.41) is 15.0. The van der Waals surface area contributed by atoms with Crippen LogP contribution in [0.1, 0.15) is 5.56 Å². The third kappa shape index (κ3) is 3.00. The van der Waals surface area contributed by atoms with E-state index in [1.165, 1.54) is 30.9 Å². The molecular formula is C32H16N2S2. The SMILES string of the molecule is [C-]#[N+]c1cc(-c2cccc3c2sc2ccccc23)c(C#N)cc1-c1cccc2c1sc1ccccc12. The van der Waals surface area contributed by atoms with E-state index in [1.807, 2.05) is 24.3 Å². The standard InChI is InChI=1S/C32H16N2S2/c1-34-28-17-26(24-12-6-10-22-20-8-2-4-14-29(20)35-31(22)24)19(18-33)16-27(28)25-13-7-11-23-21-9-3-5-15-30(21)36-32(23)25/h2-17H. The second-order valence-corrected chi connectivity index (χ2v) is 10.8. The first kappa shape index (κ1) is 20.9. The molecule has 0 fully saturated rings. The summed E-state index contributed by atoms with van der Waals surface area (Å²) < 4.78 is 4.73. The van der Waals surface area contributed by atoms with Gasteiger partial charge >= 0.3 is 0 Å². The molecule has 0 saturated carbocycles. The van der Waals surface area contributed by atoms with Gasteiger partial charge in [-0.2, -0.15) is 5.26 Å². The lowest BCUT2D eigenvalue weighted by atomic mass is 9.92. The Morgan fingerprint density at radius 1 is 0.583 bits per heavy atom. The molecule has 0 saturated heterocycles. The quantitative estimate of drug-likeness (QED) is 0.221. The van der Waals surface area contributed by atoms with Crippen LogP contribution in [0.2, 0.25) is 0 Å². The highest BCUT2D eigenvalue weighted by Gasteiger charge is 2.19. The van der Waals surface area contributed by atoms with E-state index in [0.717, 1.165) is 31.7 Å². The monoisotopic (exact) mass is 492 g/mol. The molecule has 2 heterocycles. The molecule has 0 spiro atoms. The van der Waals surface area contributed by atoms with Gasteiger partial charge in [0, 0.05) is 40.3 Å². The van der Waals surface area contributed by atoms with Gasteiger partial charge in [0.1, 0.15) is 0 Å². The van der Waals surface area contributed by atoms with Crippen LogP contribution in [-0.2, 0) is 0 Å². The normalized spacial score (nSPS) is 11.3. The average Bonchev–Trinajstić information content (AvgIpc) is 3.51. The Morgan fingerprint density at radius 3 is 1.67 bits per heavy atom. The first-order valence-corrected chi connectivity index (χ1v) is 13.2. The molecule has 36 heavy (non-hydrogen) atoms. The van der Waals surface area contributed by atoms with Crippen molar-refractivity contribution in [3.63, 3.8) is 0 Å². The van der Waals surface area contributed by atoms with Crippen LogP contribution < -0.4 is 0 Å². The van der Waals surface area contributed by atoms with Gasteiger partial charge in [0.15, 0.2) is 5.69 Å². The molecule has 0 aliphatic rings. The molecule has 7 rings (SSSR count). The fourth-order valence-corrected chi connectivity index (χ4v) is 7.59. The van der Waals surface area contributed by atoms with Crippen LogP contribution in [0.25, 0.3) is 67.4 Å². The predicted molar refractivity (Wildman–Crippen MR) is 154 cm³/mol. The molecule has 5 aromatic carbocycles. The summed E-state index contributed by atoms with van der Waals surface area (Å²) in [6, 6.07) is 35.5. The number of rotatable bonds is 2. The topological polar surface area (TPSA) is 28.1 Å². The minimum absolute atomic E-state index is 0.562. The van der Waals surface area contributed by atoms with E-state index in [0.29, 0.717) is 11.3 Å². The van der Waals surface area contributed by atoms with Gasteiger partial charge in [-0.15, -0.1) is 22.7 Å². The average molecular weight is 493 g/mol. The van der Waals surface area contributed by atoms with Crippen molar-refractivity contribution in [3.05, 3.63) is 114 Å². The molecule has 2 aromatic heterocycles. The van der Waals surface area contributed by atoms with Crippen LogP contribution in [0.4, 0.5) is 5.69 Å². The maximum absolute atomic E-state index is 10.2. The van der Waals surface area contributed by atoms with Crippen molar-refractivity contribution in [2.45, 2.75) is 0 Å². The summed E-state index contributed by atoms with van der Waals surface area (Å²) in [4.78, 5) is 3.94. The zero-order valence-electron chi connectivity index (χ0n) is 18.9. The van der Waals surface area contributed by atoms with Gasteiger partial charge in [-0.1, -0.05) is 72.8 Å². The van der Waals surface area contributed by atoms with Crippen LogP contribution in [-0.4, -0.2) is 0 Å². The Labute approximate surface area is 215 Å². The first-order chi connectivity index (χ1) is 17.8. The number of benzene rings is 5. The molecule has 0 amide bonds. The van der Waals surface area contributed by atoms with E-state index in [1.54, 1.807) is 22.7 Å². The Hall–Kier alpha value is -4.48. The molecule has 166 valence electrons. The van der Waals surface area contributed by atoms with Gasteiger partial charge in [0.2, 0.25) is 0 Å². The molecule has 2 nitrogen and oxygen atoms in total. The number of nitriles is 1. The molecule has 7 aromatic rings. The Kier molecular flexibility index (Phi) is 4.66. The second kappa shape index (κ2) is 8.04. The molecule has 4 heteroatoms. The van der Waals surface area contributed by atoms with Crippen molar-refractivity contribution < 1.29 is 0 Å². The van der Waals surface area contributed by atoms with Gasteiger partial charge in [0.25, 0.3) is 0 Å². The maximum Gasteiger partial charge on any atom is 0.195 e. The van der Waals surface area contributed by atoms with Crippen molar-refractivity contribution in [2.75, 3.05) is 0 Å². The Bertz CT molecular complexity index is 1930. The molecule has 0 unspecified atom stereocenters. The van der Waals surface area contributed by atoms with E-state index in [9.17, 15) is 5.26 Å². The van der Waals surface area contributed by atoms with Crippen LogP contribution in [0.5, 0.6) is 0 Å². The predicted octanol–water partition coefficient (Wildman–Crippen LogP) is 10.2. The highest BCUT2D eigenvalue weighted by molar-refractivity contribution is 7.26. The van der Waals surface area contributed by atoms with Crippen molar-refractivity contribution in [1.82, 2.24) is 0 Å². The summed E-state index contributed by atoms with van der Waals surface area (Å²) in [6.07, 6.45) is 0. The highest BCUT2D eigenvalue weighted by atomic mass is 32.1. The van der Waals surface area contributed by atoms with Crippen LogP contribution >= 0.6 is 22.7 Å². The maximum atomic E-state index is 10.2. The lowest BCUT2D eigenvalue weighted by molar-refractivity contribution is 1.48. The Morgan fingerprint density at radius 2 is 1.11 bits per heavy atom. The molecule has 0 atom stereocenters. The van der Waals surface area contributed by atoms with Gasteiger partial charge < -0.3 is 0 Å². The van der Waals surface area contributed by atoms with Gasteiger partial charge in [-0.3, -0.25) is 0 Å². The van der Waals surface area contributed by atoms with Crippen LogP contribution in [0.3, 0.4) is 0 Å². The minimum atomic E-state index is 0.562. The lowest BCUT2D eigenvalue weighted by Gasteiger charge is -2.12. The zero-order valence-corrected chi connectivity index (χ0v) is 20.6. The number of hydrogen-bond donors (Lipinski definition) is 0. The van der Waals surface area contributed by atoms with Crippen molar-refractivity contribution >= 4 is 68.7 Å². The van der Waals surface area contributed by atoms with Crippen molar-refractivity contribution in [1.29, 1.82) is 5.26 Å². The van der Waals surface area contributed by atoms with Gasteiger partial charge in [0.05, 0.1) is 18.2 Å². The summed E-state index contributed by atoms with van der Waals surface area (Å²) in [5.74, 6) is 0. The third-order valence-electron chi connectivity index (χ3n) is 6.77. The van der Waals surface area contributed by atoms with Crippen LogP contribution in [0, 0.1) is 17.9 Å². The third-order valence-corrected chi connectivity index (χ3v) is 9.21. The van der Waals surface area contributed by atoms with Gasteiger partial charge in [-0.05, 0) is 46.5 Å². The molecule has 0 radical (unpaired) electrons. The van der Waals surface area contributed by atoms with Crippen molar-refractivity contribution in [2.24, 2.45) is 0 Å². The fourth-order valence-electron chi connectivity index (χ4n) is 5.13. The number of hydrogen-bond acceptors (Lipinski definition) is 3. The van der Waals surface area contributed by atoms with E-state index in [2.05, 4.69) is 83.7 Å². The summed E-state index contributed by atoms with van der Waals surface area (Å²) in [7, 11) is 0. The highest BCUT2D eigenvalue weighted by Crippen LogP contribution is 2.46. The van der Waals surface area contributed by atoms with E-state index >= 15 is 0 Å².